The average molecular weight is 480 g/mol. The number of hydrogen-bond acceptors (Lipinski definition) is 3. The lowest BCUT2D eigenvalue weighted by Gasteiger charge is -2.46. The number of para-hydroxylation sites is 2. The zero-order valence-electron chi connectivity index (χ0n) is 17.9. The molecule has 0 saturated heterocycles. The van der Waals surface area contributed by atoms with E-state index in [0.29, 0.717) is 17.9 Å². The molecule has 0 saturated carbocycles. The van der Waals surface area contributed by atoms with Gasteiger partial charge in [-0.15, -0.1) is 0 Å². The molecule has 0 spiro atoms. The number of hydrogen-bond donors (Lipinski definition) is 1. The van der Waals surface area contributed by atoms with Crippen molar-refractivity contribution in [1.29, 1.82) is 0 Å². The first-order chi connectivity index (χ1) is 16.0. The Morgan fingerprint density at radius 2 is 1.47 bits per heavy atom. The predicted octanol–water partition coefficient (Wildman–Crippen LogP) is 6.20. The van der Waals surface area contributed by atoms with E-state index in [9.17, 15) is 31.4 Å². The maximum Gasteiger partial charge on any atom is 0.416 e. The van der Waals surface area contributed by atoms with E-state index in [1.54, 1.807) is 24.3 Å². The van der Waals surface area contributed by atoms with Crippen LogP contribution in [0.1, 0.15) is 22.7 Å². The van der Waals surface area contributed by atoms with Crippen molar-refractivity contribution in [3.05, 3.63) is 95.6 Å². The lowest BCUT2D eigenvalue weighted by molar-refractivity contribution is -0.200. The first-order valence-electron chi connectivity index (χ1n) is 10.6. The molecule has 2 unspecified atom stereocenters. The molecule has 0 aromatic heterocycles. The standard InChI is InChI=1S/C25H22F6N2O/c26-24(27,28)19-10-6-9-18(13-19)22-15-32(14-17-7-2-1-3-8-17)20-11-4-5-12-21(20)33(22)16-23(34)25(29,30)31/h1-13,22-23,34H,14-16H2. The van der Waals surface area contributed by atoms with Crippen LogP contribution in [0.3, 0.4) is 0 Å². The highest BCUT2D eigenvalue weighted by atomic mass is 19.4. The van der Waals surface area contributed by atoms with Crippen LogP contribution in [0.15, 0.2) is 78.9 Å². The third-order valence-corrected chi connectivity index (χ3v) is 5.86. The Balaban J connectivity index is 1.79. The van der Waals surface area contributed by atoms with E-state index in [2.05, 4.69) is 0 Å². The average Bonchev–Trinajstić information content (AvgIpc) is 2.80. The molecule has 4 rings (SSSR count). The number of fused-ring (bicyclic) bond motifs is 1. The molecule has 0 radical (unpaired) electrons. The van der Waals surface area contributed by atoms with E-state index in [-0.39, 0.29) is 12.1 Å². The molecule has 1 aliphatic heterocycles. The molecule has 34 heavy (non-hydrogen) atoms. The zero-order chi connectivity index (χ0) is 24.5. The van der Waals surface area contributed by atoms with Gasteiger partial charge in [-0.05, 0) is 35.4 Å². The summed E-state index contributed by atoms with van der Waals surface area (Å²) in [5.74, 6) is 0. The van der Waals surface area contributed by atoms with Gasteiger partial charge in [0.2, 0.25) is 0 Å². The van der Waals surface area contributed by atoms with Crippen LogP contribution in [0.4, 0.5) is 37.7 Å². The molecule has 2 atom stereocenters. The number of aliphatic hydroxyl groups is 1. The first kappa shape index (κ1) is 23.9. The summed E-state index contributed by atoms with van der Waals surface area (Å²) in [5, 5.41) is 9.85. The summed E-state index contributed by atoms with van der Waals surface area (Å²) in [6, 6.07) is 19.9. The summed E-state index contributed by atoms with van der Waals surface area (Å²) < 4.78 is 79.9. The molecular formula is C25H22F6N2O. The molecule has 0 aliphatic carbocycles. The number of anilines is 2. The van der Waals surface area contributed by atoms with Crippen molar-refractivity contribution in [2.75, 3.05) is 22.9 Å². The van der Waals surface area contributed by atoms with Crippen molar-refractivity contribution in [1.82, 2.24) is 0 Å². The molecule has 3 aromatic rings. The van der Waals surface area contributed by atoms with Gasteiger partial charge in [0.25, 0.3) is 0 Å². The lowest BCUT2D eigenvalue weighted by Crippen LogP contribution is -2.49. The highest BCUT2D eigenvalue weighted by Crippen LogP contribution is 2.43. The molecule has 0 fully saturated rings. The van der Waals surface area contributed by atoms with E-state index in [1.165, 1.54) is 17.0 Å². The van der Waals surface area contributed by atoms with Gasteiger partial charge in [0.15, 0.2) is 6.10 Å². The van der Waals surface area contributed by atoms with E-state index < -0.39 is 36.6 Å². The van der Waals surface area contributed by atoms with E-state index >= 15 is 0 Å². The Morgan fingerprint density at radius 1 is 0.824 bits per heavy atom. The molecular weight excluding hydrogens is 458 g/mol. The highest BCUT2D eigenvalue weighted by molar-refractivity contribution is 5.74. The molecule has 0 bridgehead atoms. The summed E-state index contributed by atoms with van der Waals surface area (Å²) in [6.45, 7) is -0.249. The van der Waals surface area contributed by atoms with Crippen LogP contribution in [-0.2, 0) is 12.7 Å². The third-order valence-electron chi connectivity index (χ3n) is 5.86. The second-order valence-corrected chi connectivity index (χ2v) is 8.20. The van der Waals surface area contributed by atoms with Gasteiger partial charge in [-0.2, -0.15) is 26.3 Å². The fourth-order valence-corrected chi connectivity index (χ4v) is 4.22. The largest absolute Gasteiger partial charge is 0.416 e. The van der Waals surface area contributed by atoms with Crippen molar-refractivity contribution in [3.8, 4) is 0 Å². The topological polar surface area (TPSA) is 26.7 Å². The summed E-state index contributed by atoms with van der Waals surface area (Å²) in [4.78, 5) is 3.29. The normalized spacial score (nSPS) is 17.4. The minimum atomic E-state index is -4.87. The van der Waals surface area contributed by atoms with Gasteiger partial charge in [0, 0.05) is 13.1 Å². The van der Waals surface area contributed by atoms with Crippen LogP contribution in [0.2, 0.25) is 0 Å². The summed E-state index contributed by atoms with van der Waals surface area (Å²) in [6.07, 6.45) is -12.1. The van der Waals surface area contributed by atoms with Crippen LogP contribution in [0, 0.1) is 0 Å². The Hall–Kier alpha value is -3.20. The maximum absolute atomic E-state index is 13.4. The van der Waals surface area contributed by atoms with Gasteiger partial charge in [0.05, 0.1) is 29.5 Å². The fourth-order valence-electron chi connectivity index (χ4n) is 4.22. The van der Waals surface area contributed by atoms with Gasteiger partial charge in [-0.25, -0.2) is 0 Å². The molecule has 1 N–H and O–H groups in total. The minimum Gasteiger partial charge on any atom is -0.382 e. The van der Waals surface area contributed by atoms with Crippen LogP contribution >= 0.6 is 0 Å². The molecule has 3 aromatic carbocycles. The van der Waals surface area contributed by atoms with Crippen molar-refractivity contribution < 1.29 is 31.4 Å². The molecule has 9 heteroatoms. The van der Waals surface area contributed by atoms with E-state index in [0.717, 1.165) is 17.7 Å². The second-order valence-electron chi connectivity index (χ2n) is 8.20. The predicted molar refractivity (Wildman–Crippen MR) is 118 cm³/mol. The van der Waals surface area contributed by atoms with Crippen molar-refractivity contribution in [2.45, 2.75) is 31.0 Å². The van der Waals surface area contributed by atoms with Crippen molar-refractivity contribution in [2.24, 2.45) is 0 Å². The molecule has 3 nitrogen and oxygen atoms in total. The summed E-state index contributed by atoms with van der Waals surface area (Å²) >= 11 is 0. The zero-order valence-corrected chi connectivity index (χ0v) is 17.9. The van der Waals surface area contributed by atoms with Gasteiger partial charge >= 0.3 is 12.4 Å². The van der Waals surface area contributed by atoms with Crippen LogP contribution < -0.4 is 9.80 Å². The Kier molecular flexibility index (Phi) is 6.49. The lowest BCUT2D eigenvalue weighted by atomic mass is 9.96. The summed E-state index contributed by atoms with van der Waals surface area (Å²) in [7, 11) is 0. The van der Waals surface area contributed by atoms with Gasteiger partial charge in [-0.3, -0.25) is 0 Å². The first-order valence-corrected chi connectivity index (χ1v) is 10.6. The molecule has 1 heterocycles. The highest BCUT2D eigenvalue weighted by Gasteiger charge is 2.42. The van der Waals surface area contributed by atoms with Crippen molar-refractivity contribution >= 4 is 11.4 Å². The van der Waals surface area contributed by atoms with Crippen LogP contribution in [0.5, 0.6) is 0 Å². The Labute approximate surface area is 192 Å². The maximum atomic E-state index is 13.4. The Morgan fingerprint density at radius 3 is 2.12 bits per heavy atom. The third kappa shape index (κ3) is 5.14. The number of rotatable bonds is 5. The number of benzene rings is 3. The molecule has 180 valence electrons. The second kappa shape index (κ2) is 9.21. The van der Waals surface area contributed by atoms with Crippen LogP contribution in [-0.4, -0.2) is 30.5 Å². The molecule has 0 amide bonds. The minimum absolute atomic E-state index is 0.137. The number of aliphatic hydroxyl groups excluding tert-OH is 1. The van der Waals surface area contributed by atoms with E-state index in [4.69, 9.17) is 0 Å². The Bertz CT molecular complexity index is 1120. The van der Waals surface area contributed by atoms with Gasteiger partial charge in [0.1, 0.15) is 0 Å². The number of alkyl halides is 6. The number of nitrogens with zero attached hydrogens (tertiary/aromatic N) is 2. The fraction of sp³-hybridized carbons (Fsp3) is 0.280. The quantitative estimate of drug-likeness (QED) is 0.441. The summed E-state index contributed by atoms with van der Waals surface area (Å²) in [5.41, 5.74) is 1.34. The smallest absolute Gasteiger partial charge is 0.382 e. The van der Waals surface area contributed by atoms with Gasteiger partial charge in [-0.1, -0.05) is 54.6 Å². The van der Waals surface area contributed by atoms with E-state index in [1.807, 2.05) is 35.2 Å². The molecule has 1 aliphatic rings. The monoisotopic (exact) mass is 480 g/mol. The van der Waals surface area contributed by atoms with Gasteiger partial charge < -0.3 is 14.9 Å². The number of β-amino-alcohol motifs (C(OH)–C–C–N with tert-alkyl or cyclic N) is 1. The van der Waals surface area contributed by atoms with Crippen molar-refractivity contribution in [3.63, 3.8) is 0 Å². The number of halogens is 6. The SMILES string of the molecule is OC(CN1c2ccccc2N(Cc2ccccc2)CC1c1cccc(C(F)(F)F)c1)C(F)(F)F. The van der Waals surface area contributed by atoms with Crippen LogP contribution in [0.25, 0.3) is 0 Å².